The van der Waals surface area contributed by atoms with Crippen molar-refractivity contribution in [3.63, 3.8) is 0 Å². The Kier molecular flexibility index (Phi) is 8.31. The minimum Gasteiger partial charge on any atom is -0.493 e. The first kappa shape index (κ1) is 25.9. The predicted molar refractivity (Wildman–Crippen MR) is 153 cm³/mol. The van der Waals surface area contributed by atoms with Gasteiger partial charge >= 0.3 is 5.97 Å². The topological polar surface area (TPSA) is 53.4 Å². The SMILES string of the molecule is COC(=O)c1ccccc1CSc1nc(CCOc2ccc(Cl)cc2)cn1Cc1cccc2ccccc12. The molecule has 7 heteroatoms. The Balaban J connectivity index is 1.38. The van der Waals surface area contributed by atoms with Crippen LogP contribution in [0, 0.1) is 0 Å². The minimum absolute atomic E-state index is 0.333. The van der Waals surface area contributed by atoms with Crippen molar-refractivity contribution in [3.05, 3.63) is 125 Å². The third kappa shape index (κ3) is 6.21. The monoisotopic (exact) mass is 542 g/mol. The number of carbonyl (C=O) groups excluding carboxylic acids is 1. The number of rotatable bonds is 10. The molecule has 0 amide bonds. The van der Waals surface area contributed by atoms with E-state index < -0.39 is 0 Å². The number of aromatic nitrogens is 2. The van der Waals surface area contributed by atoms with Crippen LogP contribution in [0.15, 0.2) is 102 Å². The van der Waals surface area contributed by atoms with Crippen LogP contribution < -0.4 is 4.74 Å². The highest BCUT2D eigenvalue weighted by molar-refractivity contribution is 7.98. The summed E-state index contributed by atoms with van der Waals surface area (Å²) in [5, 5.41) is 4.00. The molecule has 0 N–H and O–H groups in total. The Bertz CT molecular complexity index is 1540. The van der Waals surface area contributed by atoms with Crippen molar-refractivity contribution >= 4 is 40.1 Å². The molecule has 1 aromatic heterocycles. The Morgan fingerprint density at radius 2 is 1.66 bits per heavy atom. The standard InChI is InChI=1S/C31H27ClN2O3S/c1-36-30(35)29-12-5-3-8-24(29)21-38-31-33-26(17-18-37-27-15-13-25(32)14-16-27)20-34(31)19-23-10-6-9-22-7-2-4-11-28(22)23/h2-16,20H,17-19,21H2,1H3. The van der Waals surface area contributed by atoms with E-state index >= 15 is 0 Å². The molecule has 38 heavy (non-hydrogen) atoms. The Morgan fingerprint density at radius 1 is 0.921 bits per heavy atom. The molecule has 0 spiro atoms. The molecule has 1 heterocycles. The van der Waals surface area contributed by atoms with Gasteiger partial charge in [-0.3, -0.25) is 0 Å². The molecule has 0 saturated heterocycles. The van der Waals surface area contributed by atoms with Gasteiger partial charge < -0.3 is 14.0 Å². The number of methoxy groups -OCH3 is 1. The van der Waals surface area contributed by atoms with Crippen molar-refractivity contribution in [2.45, 2.75) is 23.9 Å². The van der Waals surface area contributed by atoms with Gasteiger partial charge in [0.05, 0.1) is 31.5 Å². The van der Waals surface area contributed by atoms with Gasteiger partial charge in [-0.05, 0) is 52.2 Å². The van der Waals surface area contributed by atoms with E-state index in [1.54, 1.807) is 17.8 Å². The summed E-state index contributed by atoms with van der Waals surface area (Å²) < 4.78 is 13.1. The summed E-state index contributed by atoms with van der Waals surface area (Å²) in [6, 6.07) is 29.7. The van der Waals surface area contributed by atoms with E-state index in [1.165, 1.54) is 23.4 Å². The molecule has 0 aliphatic carbocycles. The van der Waals surface area contributed by atoms with Crippen molar-refractivity contribution in [1.29, 1.82) is 0 Å². The molecule has 0 unspecified atom stereocenters. The van der Waals surface area contributed by atoms with Gasteiger partial charge in [0.1, 0.15) is 5.75 Å². The first-order chi connectivity index (χ1) is 18.6. The molecule has 0 bridgehead atoms. The zero-order chi connectivity index (χ0) is 26.3. The van der Waals surface area contributed by atoms with Crippen molar-refractivity contribution < 1.29 is 14.3 Å². The average molecular weight is 543 g/mol. The summed E-state index contributed by atoms with van der Waals surface area (Å²) in [5.74, 6) is 1.04. The quantitative estimate of drug-likeness (QED) is 0.136. The molecule has 5 rings (SSSR count). The van der Waals surface area contributed by atoms with Crippen molar-refractivity contribution in [2.75, 3.05) is 13.7 Å². The zero-order valence-electron chi connectivity index (χ0n) is 21.0. The van der Waals surface area contributed by atoms with Crippen LogP contribution in [-0.4, -0.2) is 29.2 Å². The summed E-state index contributed by atoms with van der Waals surface area (Å²) in [6.07, 6.45) is 2.76. The smallest absolute Gasteiger partial charge is 0.338 e. The highest BCUT2D eigenvalue weighted by atomic mass is 35.5. The second kappa shape index (κ2) is 12.2. The molecule has 5 aromatic rings. The third-order valence-corrected chi connectivity index (χ3v) is 7.52. The fraction of sp³-hybridized carbons (Fsp3) is 0.161. The predicted octanol–water partition coefficient (Wildman–Crippen LogP) is 7.44. The number of fused-ring (bicyclic) bond motifs is 1. The molecule has 0 aliphatic heterocycles. The molecule has 192 valence electrons. The number of hydrogen-bond acceptors (Lipinski definition) is 5. The Hall–Kier alpha value is -3.74. The van der Waals surface area contributed by atoms with E-state index in [1.807, 2.05) is 42.5 Å². The molecule has 4 aromatic carbocycles. The molecule has 0 radical (unpaired) electrons. The highest BCUT2D eigenvalue weighted by Gasteiger charge is 2.15. The number of hydrogen-bond donors (Lipinski definition) is 0. The normalized spacial score (nSPS) is 11.0. The zero-order valence-corrected chi connectivity index (χ0v) is 22.5. The van der Waals surface area contributed by atoms with Gasteiger partial charge in [0.2, 0.25) is 0 Å². The number of thioether (sulfide) groups is 1. The van der Waals surface area contributed by atoms with E-state index in [9.17, 15) is 4.79 Å². The van der Waals surface area contributed by atoms with Crippen molar-refractivity contribution in [3.8, 4) is 5.75 Å². The van der Waals surface area contributed by atoms with Crippen molar-refractivity contribution in [1.82, 2.24) is 9.55 Å². The second-order valence-electron chi connectivity index (χ2n) is 8.77. The lowest BCUT2D eigenvalue weighted by molar-refractivity contribution is 0.0600. The van der Waals surface area contributed by atoms with Crippen LogP contribution in [0.25, 0.3) is 10.8 Å². The van der Waals surface area contributed by atoms with Crippen LogP contribution in [0.5, 0.6) is 5.75 Å². The van der Waals surface area contributed by atoms with Gasteiger partial charge in [0.25, 0.3) is 0 Å². The van der Waals surface area contributed by atoms with Gasteiger partial charge in [-0.2, -0.15) is 0 Å². The van der Waals surface area contributed by atoms with Crippen LogP contribution in [0.1, 0.15) is 27.2 Å². The molecular formula is C31H27ClN2O3S. The Morgan fingerprint density at radius 3 is 2.50 bits per heavy atom. The summed E-state index contributed by atoms with van der Waals surface area (Å²) in [4.78, 5) is 17.2. The summed E-state index contributed by atoms with van der Waals surface area (Å²) in [6.45, 7) is 1.19. The summed E-state index contributed by atoms with van der Waals surface area (Å²) >= 11 is 7.59. The fourth-order valence-electron chi connectivity index (χ4n) is 4.32. The van der Waals surface area contributed by atoms with Gasteiger partial charge in [0.15, 0.2) is 5.16 Å². The second-order valence-corrected chi connectivity index (χ2v) is 10.1. The van der Waals surface area contributed by atoms with Crippen LogP contribution >= 0.6 is 23.4 Å². The number of halogens is 1. The minimum atomic E-state index is -0.333. The molecular weight excluding hydrogens is 516 g/mol. The maximum Gasteiger partial charge on any atom is 0.338 e. The van der Waals surface area contributed by atoms with Crippen LogP contribution in [0.2, 0.25) is 5.02 Å². The number of benzene rings is 4. The third-order valence-electron chi connectivity index (χ3n) is 6.23. The van der Waals surface area contributed by atoms with E-state index in [4.69, 9.17) is 26.1 Å². The van der Waals surface area contributed by atoms with Crippen LogP contribution in [0.4, 0.5) is 0 Å². The largest absolute Gasteiger partial charge is 0.493 e. The lowest BCUT2D eigenvalue weighted by Gasteiger charge is -2.11. The van der Waals surface area contributed by atoms with Crippen LogP contribution in [-0.2, 0) is 23.5 Å². The van der Waals surface area contributed by atoms with Crippen LogP contribution in [0.3, 0.4) is 0 Å². The maximum atomic E-state index is 12.3. The van der Waals surface area contributed by atoms with E-state index in [0.29, 0.717) is 35.9 Å². The number of nitrogens with zero attached hydrogens (tertiary/aromatic N) is 2. The fourth-order valence-corrected chi connectivity index (χ4v) is 5.44. The van der Waals surface area contributed by atoms with Gasteiger partial charge in [-0.1, -0.05) is 84.0 Å². The number of ether oxygens (including phenoxy) is 2. The van der Waals surface area contributed by atoms with Crippen molar-refractivity contribution in [2.24, 2.45) is 0 Å². The number of imidazole rings is 1. The number of esters is 1. The molecule has 0 saturated carbocycles. The molecule has 0 atom stereocenters. The van der Waals surface area contributed by atoms with E-state index in [-0.39, 0.29) is 5.97 Å². The first-order valence-electron chi connectivity index (χ1n) is 12.3. The number of carbonyl (C=O) groups is 1. The molecule has 0 aliphatic rings. The lowest BCUT2D eigenvalue weighted by atomic mass is 10.0. The average Bonchev–Trinajstić information content (AvgIpc) is 3.34. The van der Waals surface area contributed by atoms with E-state index in [2.05, 4.69) is 53.2 Å². The maximum absolute atomic E-state index is 12.3. The van der Waals surface area contributed by atoms with Gasteiger partial charge in [-0.25, -0.2) is 9.78 Å². The highest BCUT2D eigenvalue weighted by Crippen LogP contribution is 2.27. The van der Waals surface area contributed by atoms with Gasteiger partial charge in [0, 0.05) is 23.4 Å². The summed E-state index contributed by atoms with van der Waals surface area (Å²) in [5.41, 5.74) is 3.66. The first-order valence-corrected chi connectivity index (χ1v) is 13.7. The molecule has 5 nitrogen and oxygen atoms in total. The molecule has 0 fully saturated rings. The van der Waals surface area contributed by atoms with Gasteiger partial charge in [-0.15, -0.1) is 0 Å². The Labute approximate surface area is 231 Å². The van der Waals surface area contributed by atoms with E-state index in [0.717, 1.165) is 22.2 Å². The lowest BCUT2D eigenvalue weighted by Crippen LogP contribution is -2.05. The summed E-state index contributed by atoms with van der Waals surface area (Å²) in [7, 11) is 1.40.